The molecule has 0 aliphatic carbocycles. The van der Waals surface area contributed by atoms with Gasteiger partial charge < -0.3 is 15.1 Å². The highest BCUT2D eigenvalue weighted by Crippen LogP contribution is 2.13. The molecule has 2 N–H and O–H groups in total. The monoisotopic (exact) mass is 222 g/mol. The number of piperidine rings is 1. The molecule has 0 radical (unpaired) electrons. The molecule has 2 heterocycles. The number of amides is 1. The Morgan fingerprint density at radius 2 is 2.38 bits per heavy atom. The third-order valence-corrected chi connectivity index (χ3v) is 3.11. The lowest BCUT2D eigenvalue weighted by molar-refractivity contribution is 0.0885. The second-order valence-electron chi connectivity index (χ2n) is 4.46. The van der Waals surface area contributed by atoms with Gasteiger partial charge in [-0.15, -0.1) is 0 Å². The Labute approximate surface area is 95.4 Å². The minimum absolute atomic E-state index is 0.117. The van der Waals surface area contributed by atoms with Crippen LogP contribution in [0.15, 0.2) is 16.5 Å². The first-order chi connectivity index (χ1) is 7.66. The van der Waals surface area contributed by atoms with Crippen LogP contribution in [-0.4, -0.2) is 25.0 Å². The summed E-state index contributed by atoms with van der Waals surface area (Å²) in [4.78, 5) is 11.8. The molecular formula is C12H18N2O2. The van der Waals surface area contributed by atoms with E-state index >= 15 is 0 Å². The van der Waals surface area contributed by atoms with Gasteiger partial charge in [-0.2, -0.15) is 0 Å². The third kappa shape index (κ3) is 2.44. The largest absolute Gasteiger partial charge is 0.456 e. The topological polar surface area (TPSA) is 54.3 Å². The second-order valence-corrected chi connectivity index (χ2v) is 4.46. The van der Waals surface area contributed by atoms with Crippen LogP contribution in [-0.2, 0) is 0 Å². The van der Waals surface area contributed by atoms with Gasteiger partial charge in [0.15, 0.2) is 5.76 Å². The average molecular weight is 222 g/mol. The van der Waals surface area contributed by atoms with E-state index in [0.717, 1.165) is 25.3 Å². The van der Waals surface area contributed by atoms with Crippen molar-refractivity contribution in [2.24, 2.45) is 5.92 Å². The Bertz CT molecular complexity index is 373. The van der Waals surface area contributed by atoms with Crippen LogP contribution in [0.4, 0.5) is 0 Å². The van der Waals surface area contributed by atoms with Gasteiger partial charge >= 0.3 is 0 Å². The van der Waals surface area contributed by atoms with Crippen LogP contribution in [0, 0.1) is 12.8 Å². The summed E-state index contributed by atoms with van der Waals surface area (Å²) in [7, 11) is 0. The molecule has 1 aliphatic rings. The summed E-state index contributed by atoms with van der Waals surface area (Å²) in [6, 6.07) is 3.72. The maximum atomic E-state index is 11.8. The molecule has 4 heteroatoms. The van der Waals surface area contributed by atoms with Crippen LogP contribution >= 0.6 is 0 Å². The highest BCUT2D eigenvalue weighted by molar-refractivity contribution is 5.91. The molecule has 1 aromatic rings. The van der Waals surface area contributed by atoms with Gasteiger partial charge in [0, 0.05) is 12.6 Å². The minimum atomic E-state index is -0.117. The van der Waals surface area contributed by atoms with E-state index in [9.17, 15) is 4.79 Å². The zero-order valence-corrected chi connectivity index (χ0v) is 9.75. The number of hydrogen-bond acceptors (Lipinski definition) is 3. The standard InChI is InChI=1S/C12H18N2O2/c1-8-5-6-13-7-10(8)14-12(15)11-4-3-9(2)16-11/h3-4,8,10,13H,5-7H2,1-2H3,(H,14,15). The van der Waals surface area contributed by atoms with Crippen molar-refractivity contribution >= 4 is 5.91 Å². The van der Waals surface area contributed by atoms with Crippen molar-refractivity contribution in [1.29, 1.82) is 0 Å². The van der Waals surface area contributed by atoms with Gasteiger partial charge in [-0.05, 0) is 37.9 Å². The van der Waals surface area contributed by atoms with Gasteiger partial charge in [0.1, 0.15) is 5.76 Å². The normalized spacial score (nSPS) is 25.4. The van der Waals surface area contributed by atoms with Crippen LogP contribution in [0.25, 0.3) is 0 Å². The van der Waals surface area contributed by atoms with Gasteiger partial charge in [-0.3, -0.25) is 4.79 Å². The number of rotatable bonds is 2. The fourth-order valence-corrected chi connectivity index (χ4v) is 1.98. The number of carbonyl (C=O) groups excluding carboxylic acids is 1. The van der Waals surface area contributed by atoms with Crippen molar-refractivity contribution in [3.8, 4) is 0 Å². The average Bonchev–Trinajstić information content (AvgIpc) is 2.68. The van der Waals surface area contributed by atoms with Crippen LogP contribution in [0.3, 0.4) is 0 Å². The molecule has 2 unspecified atom stereocenters. The first-order valence-electron chi connectivity index (χ1n) is 5.75. The van der Waals surface area contributed by atoms with Gasteiger partial charge in [0.05, 0.1) is 0 Å². The molecule has 1 amide bonds. The summed E-state index contributed by atoms with van der Waals surface area (Å²) >= 11 is 0. The van der Waals surface area contributed by atoms with Crippen LogP contribution in [0.5, 0.6) is 0 Å². The Hall–Kier alpha value is -1.29. The Morgan fingerprint density at radius 3 is 3.00 bits per heavy atom. The van der Waals surface area contributed by atoms with Gasteiger partial charge in [0.2, 0.25) is 0 Å². The summed E-state index contributed by atoms with van der Waals surface area (Å²) in [5, 5.41) is 6.28. The van der Waals surface area contributed by atoms with Gasteiger partial charge in [-0.25, -0.2) is 0 Å². The lowest BCUT2D eigenvalue weighted by Crippen LogP contribution is -2.50. The molecule has 1 fully saturated rings. The molecule has 2 rings (SSSR count). The van der Waals surface area contributed by atoms with E-state index in [4.69, 9.17) is 4.42 Å². The van der Waals surface area contributed by atoms with Crippen molar-refractivity contribution in [1.82, 2.24) is 10.6 Å². The van der Waals surface area contributed by atoms with Crippen molar-refractivity contribution in [3.05, 3.63) is 23.7 Å². The van der Waals surface area contributed by atoms with E-state index in [2.05, 4.69) is 17.6 Å². The van der Waals surface area contributed by atoms with Crippen LogP contribution in [0.1, 0.15) is 29.7 Å². The van der Waals surface area contributed by atoms with E-state index < -0.39 is 0 Å². The summed E-state index contributed by atoms with van der Waals surface area (Å²) in [6.07, 6.45) is 1.10. The van der Waals surface area contributed by atoms with Crippen molar-refractivity contribution < 1.29 is 9.21 Å². The van der Waals surface area contributed by atoms with E-state index in [-0.39, 0.29) is 11.9 Å². The lowest BCUT2D eigenvalue weighted by atomic mass is 9.95. The van der Waals surface area contributed by atoms with E-state index in [1.165, 1.54) is 0 Å². The molecule has 0 bridgehead atoms. The van der Waals surface area contributed by atoms with Crippen molar-refractivity contribution in [2.45, 2.75) is 26.3 Å². The second kappa shape index (κ2) is 4.70. The van der Waals surface area contributed by atoms with E-state index in [1.54, 1.807) is 12.1 Å². The summed E-state index contributed by atoms with van der Waals surface area (Å²) in [6.45, 7) is 5.88. The predicted octanol–water partition coefficient (Wildman–Crippen LogP) is 1.32. The summed E-state index contributed by atoms with van der Waals surface area (Å²) in [5.41, 5.74) is 0. The molecule has 0 saturated carbocycles. The molecule has 1 aromatic heterocycles. The maximum Gasteiger partial charge on any atom is 0.287 e. The number of furan rings is 1. The quantitative estimate of drug-likeness (QED) is 0.793. The fraction of sp³-hybridized carbons (Fsp3) is 0.583. The first kappa shape index (κ1) is 11.2. The fourth-order valence-electron chi connectivity index (χ4n) is 1.98. The zero-order valence-electron chi connectivity index (χ0n) is 9.75. The molecule has 2 atom stereocenters. The first-order valence-corrected chi connectivity index (χ1v) is 5.75. The van der Waals surface area contributed by atoms with Gasteiger partial charge in [-0.1, -0.05) is 6.92 Å². The molecular weight excluding hydrogens is 204 g/mol. The highest BCUT2D eigenvalue weighted by Gasteiger charge is 2.23. The molecule has 1 aliphatic heterocycles. The molecule has 88 valence electrons. The molecule has 0 aromatic carbocycles. The number of aryl methyl sites for hydroxylation is 1. The van der Waals surface area contributed by atoms with Gasteiger partial charge in [0.25, 0.3) is 5.91 Å². The molecule has 1 saturated heterocycles. The van der Waals surface area contributed by atoms with Crippen molar-refractivity contribution in [2.75, 3.05) is 13.1 Å². The van der Waals surface area contributed by atoms with Crippen molar-refractivity contribution in [3.63, 3.8) is 0 Å². The summed E-state index contributed by atoms with van der Waals surface area (Å²) < 4.78 is 5.29. The molecule has 16 heavy (non-hydrogen) atoms. The van der Waals surface area contributed by atoms with E-state index in [1.807, 2.05) is 6.92 Å². The minimum Gasteiger partial charge on any atom is -0.456 e. The number of nitrogens with one attached hydrogen (secondary N) is 2. The zero-order chi connectivity index (χ0) is 11.5. The smallest absolute Gasteiger partial charge is 0.287 e. The Kier molecular flexibility index (Phi) is 3.29. The van der Waals surface area contributed by atoms with Crippen LogP contribution in [0.2, 0.25) is 0 Å². The van der Waals surface area contributed by atoms with Crippen LogP contribution < -0.4 is 10.6 Å². The maximum absolute atomic E-state index is 11.8. The molecule has 4 nitrogen and oxygen atoms in total. The van der Waals surface area contributed by atoms with E-state index in [0.29, 0.717) is 11.7 Å². The number of hydrogen-bond donors (Lipinski definition) is 2. The lowest BCUT2D eigenvalue weighted by Gasteiger charge is -2.29. The number of carbonyl (C=O) groups is 1. The Morgan fingerprint density at radius 1 is 1.56 bits per heavy atom. The SMILES string of the molecule is Cc1ccc(C(=O)NC2CNCCC2C)o1. The highest BCUT2D eigenvalue weighted by atomic mass is 16.3. The Balaban J connectivity index is 1.96. The predicted molar refractivity (Wildman–Crippen MR) is 61.3 cm³/mol. The summed E-state index contributed by atoms with van der Waals surface area (Å²) in [5.74, 6) is 1.56. The molecule has 0 spiro atoms. The third-order valence-electron chi connectivity index (χ3n) is 3.11.